The van der Waals surface area contributed by atoms with Crippen molar-refractivity contribution >= 4 is 5.91 Å². The largest absolute Gasteiger partial charge is 0.394 e. The fraction of sp³-hybridized carbons (Fsp3) is 0.938. The van der Waals surface area contributed by atoms with Gasteiger partial charge in [-0.1, -0.05) is 193 Å². The van der Waals surface area contributed by atoms with E-state index >= 15 is 0 Å². The Balaban J connectivity index is 2.39. The smallest absolute Gasteiger partial charge is 0.249 e. The summed E-state index contributed by atoms with van der Waals surface area (Å²) in [6.45, 7) is 3.42. The van der Waals surface area contributed by atoms with Crippen molar-refractivity contribution in [3.8, 4) is 0 Å². The van der Waals surface area contributed by atoms with Gasteiger partial charge in [-0.05, 0) is 38.5 Å². The highest BCUT2D eigenvalue weighted by Gasteiger charge is 2.44. The zero-order valence-electron chi connectivity index (χ0n) is 37.7. The number of aliphatic hydroxyl groups is 7. The summed E-state index contributed by atoms with van der Waals surface area (Å²) in [6, 6.07) is -1.18. The number of allylic oxidation sites excluding steroid dienone is 2. The highest BCUT2D eigenvalue weighted by atomic mass is 16.7. The first-order valence-electron chi connectivity index (χ1n) is 24.6. The van der Waals surface area contributed by atoms with Gasteiger partial charge in [0.2, 0.25) is 5.91 Å². The predicted octanol–water partition coefficient (Wildman–Crippen LogP) is 8.45. The first-order chi connectivity index (χ1) is 28.7. The molecule has 9 atom stereocenters. The number of unbranched alkanes of at least 4 members (excludes halogenated alkanes) is 27. The van der Waals surface area contributed by atoms with Gasteiger partial charge in [-0.25, -0.2) is 0 Å². The second-order valence-electron chi connectivity index (χ2n) is 17.5. The Morgan fingerprint density at radius 2 is 1.00 bits per heavy atom. The van der Waals surface area contributed by atoms with Gasteiger partial charge in [-0.2, -0.15) is 0 Å². The summed E-state index contributed by atoms with van der Waals surface area (Å²) >= 11 is 0. The molecule has 0 aromatic carbocycles. The topological polar surface area (TPSA) is 189 Å². The molecule has 11 nitrogen and oxygen atoms in total. The van der Waals surface area contributed by atoms with E-state index in [1.54, 1.807) is 0 Å². The summed E-state index contributed by atoms with van der Waals surface area (Å²) in [5, 5.41) is 75.6. The van der Waals surface area contributed by atoms with E-state index in [1.165, 1.54) is 141 Å². The Morgan fingerprint density at radius 1 is 0.576 bits per heavy atom. The molecule has 0 spiro atoms. The van der Waals surface area contributed by atoms with Gasteiger partial charge in [-0.3, -0.25) is 4.79 Å². The van der Waals surface area contributed by atoms with Crippen LogP contribution in [-0.2, 0) is 14.3 Å². The standard InChI is InChI=1S/C48H93NO10/c1-3-5-7-9-11-13-15-17-18-19-20-21-22-23-24-26-28-30-32-34-36-41(52)47(57)49-39(38-58-48-46(56)45(55)44(54)42(37-50)59-48)43(53)40(51)35-33-31-29-27-25-16-14-12-10-8-6-4-2/h27,29,39-46,48,50-56H,3-26,28,30-38H2,1-2H3,(H,49,57)/t39-,40+,41+,42+,43-,44+,45-,46+,48+/m0/s1. The lowest BCUT2D eigenvalue weighted by Crippen LogP contribution is -2.60. The highest BCUT2D eigenvalue weighted by molar-refractivity contribution is 5.80. The summed E-state index contributed by atoms with van der Waals surface area (Å²) in [4.78, 5) is 13.1. The van der Waals surface area contributed by atoms with Crippen LogP contribution in [0.4, 0.5) is 0 Å². The van der Waals surface area contributed by atoms with Crippen LogP contribution in [0, 0.1) is 0 Å². The molecule has 11 heteroatoms. The number of hydrogen-bond acceptors (Lipinski definition) is 10. The van der Waals surface area contributed by atoms with Gasteiger partial charge >= 0.3 is 0 Å². The predicted molar refractivity (Wildman–Crippen MR) is 238 cm³/mol. The van der Waals surface area contributed by atoms with E-state index in [0.29, 0.717) is 12.8 Å². The van der Waals surface area contributed by atoms with E-state index in [0.717, 1.165) is 38.5 Å². The molecular weight excluding hydrogens is 751 g/mol. The lowest BCUT2D eigenvalue weighted by atomic mass is 9.98. The molecule has 1 heterocycles. The van der Waals surface area contributed by atoms with Crippen molar-refractivity contribution < 1.29 is 50.0 Å². The molecule has 0 radical (unpaired) electrons. The SMILES string of the molecule is CCCCCCCCCC=CCCC[C@@H](O)[C@@H](O)[C@H](CO[C@@H]1O[C@H](CO)[C@@H](O)[C@H](O)[C@H]1O)NC(=O)[C@H](O)CCCCCCCCCCCCCCCCCCCCCC. The van der Waals surface area contributed by atoms with E-state index in [9.17, 15) is 40.5 Å². The maximum atomic E-state index is 13.1. The third-order valence-electron chi connectivity index (χ3n) is 12.1. The number of carbonyl (C=O) groups is 1. The van der Waals surface area contributed by atoms with E-state index in [4.69, 9.17) is 9.47 Å². The van der Waals surface area contributed by atoms with Gasteiger partial charge in [0.15, 0.2) is 6.29 Å². The molecule has 1 saturated heterocycles. The number of aliphatic hydroxyl groups excluding tert-OH is 7. The van der Waals surface area contributed by atoms with Crippen LogP contribution < -0.4 is 5.32 Å². The molecule has 8 N–H and O–H groups in total. The summed E-state index contributed by atoms with van der Waals surface area (Å²) in [5.74, 6) is -0.704. The monoisotopic (exact) mass is 844 g/mol. The Labute approximate surface area is 360 Å². The minimum Gasteiger partial charge on any atom is -0.394 e. The molecule has 1 amide bonds. The number of ether oxygens (including phenoxy) is 2. The fourth-order valence-corrected chi connectivity index (χ4v) is 7.97. The van der Waals surface area contributed by atoms with Crippen LogP contribution in [0.2, 0.25) is 0 Å². The van der Waals surface area contributed by atoms with Gasteiger partial charge in [-0.15, -0.1) is 0 Å². The van der Waals surface area contributed by atoms with Crippen LogP contribution >= 0.6 is 0 Å². The highest BCUT2D eigenvalue weighted by Crippen LogP contribution is 2.23. The fourth-order valence-electron chi connectivity index (χ4n) is 7.97. The molecule has 1 fully saturated rings. The van der Waals surface area contributed by atoms with Gasteiger partial charge in [0, 0.05) is 0 Å². The first kappa shape index (κ1) is 55.9. The second-order valence-corrected chi connectivity index (χ2v) is 17.5. The Morgan fingerprint density at radius 3 is 1.46 bits per heavy atom. The van der Waals surface area contributed by atoms with Crippen LogP contribution in [0.15, 0.2) is 12.2 Å². The van der Waals surface area contributed by atoms with Crippen LogP contribution in [-0.4, -0.2) is 110 Å². The summed E-state index contributed by atoms with van der Waals surface area (Å²) in [7, 11) is 0. The summed E-state index contributed by atoms with van der Waals surface area (Å²) in [5.41, 5.74) is 0. The molecule has 1 rings (SSSR count). The van der Waals surface area contributed by atoms with Crippen molar-refractivity contribution in [1.29, 1.82) is 0 Å². The normalized spacial score (nSPS) is 21.8. The molecule has 1 aliphatic heterocycles. The zero-order valence-corrected chi connectivity index (χ0v) is 37.7. The van der Waals surface area contributed by atoms with E-state index in [1.807, 2.05) is 0 Å². The van der Waals surface area contributed by atoms with Crippen LogP contribution in [0.25, 0.3) is 0 Å². The van der Waals surface area contributed by atoms with Gasteiger partial charge in [0.1, 0.15) is 36.6 Å². The van der Waals surface area contributed by atoms with Gasteiger partial charge in [0.25, 0.3) is 0 Å². The Bertz CT molecular complexity index is 970. The molecule has 1 aliphatic rings. The second kappa shape index (κ2) is 38.5. The molecule has 0 bridgehead atoms. The minimum atomic E-state index is -1.66. The lowest BCUT2D eigenvalue weighted by molar-refractivity contribution is -0.303. The van der Waals surface area contributed by atoms with Gasteiger partial charge < -0.3 is 50.5 Å². The number of carbonyl (C=O) groups excluding carboxylic acids is 1. The van der Waals surface area contributed by atoms with E-state index < -0.39 is 74.2 Å². The average Bonchev–Trinajstić information content (AvgIpc) is 3.23. The van der Waals surface area contributed by atoms with Crippen molar-refractivity contribution in [2.75, 3.05) is 13.2 Å². The molecule has 0 saturated carbocycles. The van der Waals surface area contributed by atoms with E-state index in [2.05, 4.69) is 31.3 Å². The van der Waals surface area contributed by atoms with Crippen LogP contribution in [0.1, 0.15) is 219 Å². The maximum Gasteiger partial charge on any atom is 0.249 e. The number of nitrogens with one attached hydrogen (secondary N) is 1. The van der Waals surface area contributed by atoms with Crippen molar-refractivity contribution in [2.45, 2.75) is 274 Å². The number of amides is 1. The summed E-state index contributed by atoms with van der Waals surface area (Å²) in [6.07, 6.45) is 29.8. The molecule has 0 aliphatic carbocycles. The Hall–Kier alpha value is -1.15. The molecule has 59 heavy (non-hydrogen) atoms. The van der Waals surface area contributed by atoms with Crippen molar-refractivity contribution in [3.05, 3.63) is 12.2 Å². The maximum absolute atomic E-state index is 13.1. The molecule has 350 valence electrons. The minimum absolute atomic E-state index is 0.259. The van der Waals surface area contributed by atoms with Crippen molar-refractivity contribution in [3.63, 3.8) is 0 Å². The van der Waals surface area contributed by atoms with Crippen molar-refractivity contribution in [2.24, 2.45) is 0 Å². The number of rotatable bonds is 41. The summed E-state index contributed by atoms with van der Waals surface area (Å²) < 4.78 is 11.1. The molecule has 0 aromatic rings. The number of hydrogen-bond donors (Lipinski definition) is 8. The first-order valence-corrected chi connectivity index (χ1v) is 24.6. The van der Waals surface area contributed by atoms with Gasteiger partial charge in [0.05, 0.1) is 25.4 Å². The third-order valence-corrected chi connectivity index (χ3v) is 12.1. The Kier molecular flexibility index (Phi) is 36.5. The average molecular weight is 844 g/mol. The van der Waals surface area contributed by atoms with Crippen LogP contribution in [0.3, 0.4) is 0 Å². The molecule has 0 unspecified atom stereocenters. The van der Waals surface area contributed by atoms with Crippen molar-refractivity contribution in [1.82, 2.24) is 5.32 Å². The zero-order chi connectivity index (χ0) is 43.4. The van der Waals surface area contributed by atoms with E-state index in [-0.39, 0.29) is 12.8 Å². The third kappa shape index (κ3) is 28.2. The van der Waals surface area contributed by atoms with Crippen LogP contribution in [0.5, 0.6) is 0 Å². The molecular formula is C48H93NO10. The molecule has 0 aromatic heterocycles. The lowest BCUT2D eigenvalue weighted by Gasteiger charge is -2.40. The quantitative estimate of drug-likeness (QED) is 0.0219.